The molecule has 2 heterocycles. The van der Waals surface area contributed by atoms with Gasteiger partial charge in [-0.2, -0.15) is 0 Å². The SMILES string of the molecule is O=P(c1ccccc1)(c1ccccc1)c1cc(-c2nc3ccccc3c3c4c(ccc23)C2(c3ccccc3-c3ccccc32)c2ccccc2-4)cc(-c2cccc3cccnc23)c1. The molecule has 294 valence electrons. The van der Waals surface area contributed by atoms with Gasteiger partial charge in [-0.25, -0.2) is 4.98 Å². The molecule has 2 aliphatic rings. The van der Waals surface area contributed by atoms with Crippen molar-refractivity contribution < 1.29 is 4.57 Å². The van der Waals surface area contributed by atoms with E-state index in [1.54, 1.807) is 0 Å². The van der Waals surface area contributed by atoms with E-state index in [9.17, 15) is 0 Å². The minimum atomic E-state index is -3.43. The number of pyridine rings is 2. The van der Waals surface area contributed by atoms with Gasteiger partial charge in [-0.1, -0.05) is 188 Å². The number of hydrogen-bond acceptors (Lipinski definition) is 3. The summed E-state index contributed by atoms with van der Waals surface area (Å²) in [6.07, 6.45) is 1.85. The first kappa shape index (κ1) is 36.0. The molecule has 0 N–H and O–H groups in total. The molecule has 13 rings (SSSR count). The van der Waals surface area contributed by atoms with Crippen molar-refractivity contribution in [3.63, 3.8) is 0 Å². The fraction of sp³-hybridized carbons (Fsp3) is 0.0169. The van der Waals surface area contributed by atoms with E-state index in [-0.39, 0.29) is 0 Å². The van der Waals surface area contributed by atoms with E-state index in [2.05, 4.69) is 152 Å². The van der Waals surface area contributed by atoms with E-state index in [1.165, 1.54) is 49.9 Å². The highest BCUT2D eigenvalue weighted by atomic mass is 31.2. The van der Waals surface area contributed by atoms with Crippen LogP contribution < -0.4 is 15.9 Å². The van der Waals surface area contributed by atoms with Gasteiger partial charge in [0, 0.05) is 54.8 Å². The summed E-state index contributed by atoms with van der Waals surface area (Å²) in [4.78, 5) is 10.5. The summed E-state index contributed by atoms with van der Waals surface area (Å²) in [6, 6.07) is 76.9. The Morgan fingerprint density at radius 2 is 0.984 bits per heavy atom. The number of fused-ring (bicyclic) bond motifs is 15. The van der Waals surface area contributed by atoms with Crippen LogP contribution in [0, 0.1) is 0 Å². The Morgan fingerprint density at radius 1 is 0.413 bits per heavy atom. The van der Waals surface area contributed by atoms with Crippen LogP contribution in [-0.2, 0) is 9.98 Å². The third-order valence-electron chi connectivity index (χ3n) is 13.6. The van der Waals surface area contributed by atoms with E-state index in [1.807, 2.05) is 72.9 Å². The van der Waals surface area contributed by atoms with Gasteiger partial charge in [-0.3, -0.25) is 4.98 Å². The van der Waals surface area contributed by atoms with Gasteiger partial charge in [0.05, 0.1) is 22.1 Å². The standard InChI is InChI=1S/C59H37N2OP/c62-63(41-19-3-1-4-20-41,42-21-5-2-6-22-42)43-36-39(44-27-15-17-38-18-16-34-60-57(38)44)35-40(37-43)58-49-32-33-53-56(55(49)48-26-10-14-31-54(48)61-58)47-25-9-13-30-52(47)59(53)50-28-11-7-23-45(50)46-24-8-12-29-51(46)59/h1-37H. The monoisotopic (exact) mass is 820 g/mol. The Bertz CT molecular complexity index is 3630. The van der Waals surface area contributed by atoms with E-state index in [0.717, 1.165) is 65.5 Å². The second-order valence-corrected chi connectivity index (χ2v) is 19.5. The molecule has 0 unspecified atom stereocenters. The Hall–Kier alpha value is -7.71. The van der Waals surface area contributed by atoms with Crippen LogP contribution in [0.3, 0.4) is 0 Å². The summed E-state index contributed by atoms with van der Waals surface area (Å²) in [7, 11) is -3.43. The number of rotatable bonds is 5. The predicted octanol–water partition coefficient (Wildman–Crippen LogP) is 13.3. The second kappa shape index (κ2) is 13.6. The lowest BCUT2D eigenvalue weighted by molar-refractivity contribution is 0.592. The molecule has 2 aliphatic carbocycles. The van der Waals surface area contributed by atoms with E-state index >= 15 is 4.57 Å². The van der Waals surface area contributed by atoms with Crippen molar-refractivity contribution in [3.05, 3.63) is 247 Å². The zero-order valence-electron chi connectivity index (χ0n) is 34.1. The topological polar surface area (TPSA) is 42.9 Å². The lowest BCUT2D eigenvalue weighted by Crippen LogP contribution is -2.25. The number of benzene rings is 9. The van der Waals surface area contributed by atoms with Crippen LogP contribution >= 0.6 is 7.14 Å². The van der Waals surface area contributed by atoms with Gasteiger partial charge in [-0.05, 0) is 80.4 Å². The molecule has 0 bridgehead atoms. The van der Waals surface area contributed by atoms with Gasteiger partial charge >= 0.3 is 0 Å². The van der Waals surface area contributed by atoms with Gasteiger partial charge in [0.15, 0.2) is 7.14 Å². The van der Waals surface area contributed by atoms with Crippen molar-refractivity contribution in [1.82, 2.24) is 9.97 Å². The van der Waals surface area contributed by atoms with Crippen LogP contribution in [0.2, 0.25) is 0 Å². The largest absolute Gasteiger partial charge is 0.309 e. The molecule has 0 saturated heterocycles. The van der Waals surface area contributed by atoms with Gasteiger partial charge in [0.1, 0.15) is 0 Å². The second-order valence-electron chi connectivity index (χ2n) is 16.7. The number of nitrogens with zero attached hydrogens (tertiary/aromatic N) is 2. The summed E-state index contributed by atoms with van der Waals surface area (Å²) in [5.41, 5.74) is 15.2. The number of para-hydroxylation sites is 2. The van der Waals surface area contributed by atoms with Crippen molar-refractivity contribution in [2.45, 2.75) is 5.41 Å². The van der Waals surface area contributed by atoms with E-state index in [4.69, 9.17) is 9.97 Å². The quantitative estimate of drug-likeness (QED) is 0.128. The molecule has 2 aromatic heterocycles. The van der Waals surface area contributed by atoms with Crippen LogP contribution in [0.15, 0.2) is 225 Å². The smallest absolute Gasteiger partial charge is 0.171 e. The summed E-state index contributed by atoms with van der Waals surface area (Å²) >= 11 is 0. The van der Waals surface area contributed by atoms with E-state index in [0.29, 0.717) is 0 Å². The molecule has 0 amide bonds. The minimum Gasteiger partial charge on any atom is -0.309 e. The molecular formula is C59H37N2OP. The molecule has 0 saturated carbocycles. The minimum absolute atomic E-state index is 0.482. The van der Waals surface area contributed by atoms with Crippen molar-refractivity contribution in [1.29, 1.82) is 0 Å². The highest BCUT2D eigenvalue weighted by Crippen LogP contribution is 2.64. The Morgan fingerprint density at radius 3 is 1.70 bits per heavy atom. The highest BCUT2D eigenvalue weighted by Gasteiger charge is 2.52. The zero-order chi connectivity index (χ0) is 41.7. The predicted molar refractivity (Wildman–Crippen MR) is 261 cm³/mol. The van der Waals surface area contributed by atoms with E-state index < -0.39 is 12.6 Å². The normalized spacial score (nSPS) is 13.3. The lowest BCUT2D eigenvalue weighted by atomic mass is 9.70. The lowest BCUT2D eigenvalue weighted by Gasteiger charge is -2.30. The van der Waals surface area contributed by atoms with Crippen LogP contribution in [0.4, 0.5) is 0 Å². The first-order valence-electron chi connectivity index (χ1n) is 21.5. The summed E-state index contributed by atoms with van der Waals surface area (Å²) < 4.78 is 16.3. The number of aromatic nitrogens is 2. The fourth-order valence-electron chi connectivity index (χ4n) is 11.0. The van der Waals surface area contributed by atoms with Crippen LogP contribution in [-0.4, -0.2) is 9.97 Å². The zero-order valence-corrected chi connectivity index (χ0v) is 35.0. The summed E-state index contributed by atoms with van der Waals surface area (Å²) in [5, 5.41) is 6.68. The van der Waals surface area contributed by atoms with Gasteiger partial charge in [0.25, 0.3) is 0 Å². The molecule has 0 aliphatic heterocycles. The van der Waals surface area contributed by atoms with Crippen LogP contribution in [0.5, 0.6) is 0 Å². The molecule has 11 aromatic rings. The van der Waals surface area contributed by atoms with Crippen molar-refractivity contribution in [2.24, 2.45) is 0 Å². The fourth-order valence-corrected chi connectivity index (χ4v) is 13.7. The molecule has 0 fully saturated rings. The molecule has 4 heteroatoms. The van der Waals surface area contributed by atoms with Gasteiger partial charge in [0.2, 0.25) is 0 Å². The molecule has 0 atom stereocenters. The highest BCUT2D eigenvalue weighted by molar-refractivity contribution is 7.85. The average Bonchev–Trinajstić information content (AvgIpc) is 3.83. The molecular weight excluding hydrogens is 784 g/mol. The molecule has 9 aromatic carbocycles. The molecule has 63 heavy (non-hydrogen) atoms. The molecule has 3 nitrogen and oxygen atoms in total. The summed E-state index contributed by atoms with van der Waals surface area (Å²) in [6.45, 7) is 0. The third kappa shape index (κ3) is 5.00. The Kier molecular flexibility index (Phi) is 7.80. The maximum absolute atomic E-state index is 16.3. The third-order valence-corrected chi connectivity index (χ3v) is 16.6. The molecule has 0 radical (unpaired) electrons. The Balaban J connectivity index is 1.16. The first-order valence-corrected chi connectivity index (χ1v) is 23.2. The van der Waals surface area contributed by atoms with Crippen molar-refractivity contribution in [2.75, 3.05) is 0 Å². The Labute approximate surface area is 365 Å². The summed E-state index contributed by atoms with van der Waals surface area (Å²) in [5.74, 6) is 0. The van der Waals surface area contributed by atoms with Gasteiger partial charge in [-0.15, -0.1) is 0 Å². The van der Waals surface area contributed by atoms with Crippen LogP contribution in [0.1, 0.15) is 22.3 Å². The van der Waals surface area contributed by atoms with Crippen molar-refractivity contribution in [3.8, 4) is 44.6 Å². The van der Waals surface area contributed by atoms with Gasteiger partial charge < -0.3 is 4.57 Å². The number of hydrogen-bond donors (Lipinski definition) is 0. The maximum Gasteiger partial charge on any atom is 0.171 e. The molecule has 1 spiro atoms. The average molecular weight is 821 g/mol. The van der Waals surface area contributed by atoms with Crippen LogP contribution in [0.25, 0.3) is 77.2 Å². The first-order chi connectivity index (χ1) is 31.1. The van der Waals surface area contributed by atoms with Crippen molar-refractivity contribution >= 4 is 55.6 Å². The maximum atomic E-state index is 16.3.